The molecule has 1 saturated heterocycles. The topological polar surface area (TPSA) is 70.1 Å². The molecule has 1 aliphatic rings. The van der Waals surface area contributed by atoms with E-state index in [9.17, 15) is 9.59 Å². The van der Waals surface area contributed by atoms with Crippen LogP contribution in [0.1, 0.15) is 12.8 Å². The summed E-state index contributed by atoms with van der Waals surface area (Å²) in [6.45, 7) is 2.32. The summed E-state index contributed by atoms with van der Waals surface area (Å²) in [5.41, 5.74) is 0. The van der Waals surface area contributed by atoms with E-state index in [2.05, 4.69) is 0 Å². The third kappa shape index (κ3) is 5.69. The number of benzene rings is 1. The van der Waals surface area contributed by atoms with Gasteiger partial charge in [-0.15, -0.1) is 0 Å². The smallest absolute Gasteiger partial charge is 0.307 e. The minimum absolute atomic E-state index is 0.0271. The van der Waals surface area contributed by atoms with Crippen molar-refractivity contribution in [2.24, 2.45) is 5.92 Å². The van der Waals surface area contributed by atoms with Crippen LogP contribution in [0.25, 0.3) is 0 Å². The Morgan fingerprint density at radius 1 is 1.38 bits per heavy atom. The Morgan fingerprint density at radius 3 is 2.75 bits per heavy atom. The highest BCUT2D eigenvalue weighted by atomic mass is 35.5. The number of likely N-dealkylation sites (tertiary alicyclic amines) is 1. The van der Waals surface area contributed by atoms with E-state index in [1.54, 1.807) is 36.2 Å². The number of piperidine rings is 1. The van der Waals surface area contributed by atoms with Gasteiger partial charge in [0.1, 0.15) is 12.4 Å². The number of carbonyl (C=O) groups excluding carboxylic acids is 1. The van der Waals surface area contributed by atoms with Gasteiger partial charge < -0.3 is 14.7 Å². The van der Waals surface area contributed by atoms with Gasteiger partial charge in [-0.05, 0) is 43.7 Å². The van der Waals surface area contributed by atoms with Crippen molar-refractivity contribution in [3.05, 3.63) is 29.3 Å². The first kappa shape index (κ1) is 18.5. The van der Waals surface area contributed by atoms with Gasteiger partial charge in [-0.25, -0.2) is 0 Å². The Morgan fingerprint density at radius 2 is 2.08 bits per heavy atom. The van der Waals surface area contributed by atoms with E-state index in [1.807, 2.05) is 4.90 Å². The van der Waals surface area contributed by atoms with E-state index in [1.165, 1.54) is 0 Å². The SMILES string of the molecule is CN(CCOc1ccc(Cl)cc1)C(=O)CN1CCCC(C(=O)O)C1. The predicted octanol–water partition coefficient (Wildman–Crippen LogP) is 1.97. The number of likely N-dealkylation sites (N-methyl/N-ethyl adjacent to an activating group) is 1. The molecule has 1 atom stereocenters. The Kier molecular flexibility index (Phi) is 6.87. The van der Waals surface area contributed by atoms with Crippen molar-refractivity contribution in [3.8, 4) is 5.75 Å². The fourth-order valence-electron chi connectivity index (χ4n) is 2.67. The summed E-state index contributed by atoms with van der Waals surface area (Å²) in [7, 11) is 1.73. The molecule has 1 N–H and O–H groups in total. The Labute approximate surface area is 146 Å². The minimum atomic E-state index is -0.781. The summed E-state index contributed by atoms with van der Waals surface area (Å²) in [5.74, 6) is -0.469. The van der Waals surface area contributed by atoms with Gasteiger partial charge in [-0.3, -0.25) is 14.5 Å². The van der Waals surface area contributed by atoms with Crippen LogP contribution >= 0.6 is 11.6 Å². The van der Waals surface area contributed by atoms with E-state index in [0.717, 1.165) is 13.0 Å². The van der Waals surface area contributed by atoms with Crippen molar-refractivity contribution in [2.75, 3.05) is 39.8 Å². The van der Waals surface area contributed by atoms with Gasteiger partial charge in [0, 0.05) is 18.6 Å². The zero-order chi connectivity index (χ0) is 17.5. The van der Waals surface area contributed by atoms with E-state index in [-0.39, 0.29) is 18.4 Å². The lowest BCUT2D eigenvalue weighted by Crippen LogP contribution is -2.45. The van der Waals surface area contributed by atoms with Crippen LogP contribution in [0.3, 0.4) is 0 Å². The maximum Gasteiger partial charge on any atom is 0.307 e. The van der Waals surface area contributed by atoms with Gasteiger partial charge >= 0.3 is 5.97 Å². The highest BCUT2D eigenvalue weighted by molar-refractivity contribution is 6.30. The third-order valence-electron chi connectivity index (χ3n) is 4.15. The zero-order valence-electron chi connectivity index (χ0n) is 13.8. The average molecular weight is 355 g/mol. The molecule has 6 nitrogen and oxygen atoms in total. The molecule has 0 aromatic heterocycles. The maximum absolute atomic E-state index is 12.2. The Balaban J connectivity index is 1.71. The molecule has 2 rings (SSSR count). The Hall–Kier alpha value is -1.79. The molecular weight excluding hydrogens is 332 g/mol. The first-order chi connectivity index (χ1) is 11.5. The number of amides is 1. The summed E-state index contributed by atoms with van der Waals surface area (Å²) in [4.78, 5) is 26.8. The van der Waals surface area contributed by atoms with Crippen LogP contribution in [0.15, 0.2) is 24.3 Å². The molecule has 1 fully saturated rings. The molecule has 1 unspecified atom stereocenters. The van der Waals surface area contributed by atoms with Crippen LogP contribution in [0.4, 0.5) is 0 Å². The lowest BCUT2D eigenvalue weighted by molar-refractivity contribution is -0.144. The monoisotopic (exact) mass is 354 g/mol. The molecule has 0 aliphatic carbocycles. The molecule has 0 saturated carbocycles. The largest absolute Gasteiger partial charge is 0.492 e. The molecule has 1 aromatic rings. The first-order valence-corrected chi connectivity index (χ1v) is 8.41. The molecule has 1 heterocycles. The van der Waals surface area contributed by atoms with Crippen molar-refractivity contribution >= 4 is 23.5 Å². The second-order valence-electron chi connectivity index (χ2n) is 6.03. The molecular formula is C17H23ClN2O4. The first-order valence-electron chi connectivity index (χ1n) is 8.03. The normalized spacial score (nSPS) is 18.2. The molecule has 0 bridgehead atoms. The number of carbonyl (C=O) groups is 2. The summed E-state index contributed by atoms with van der Waals surface area (Å²) >= 11 is 5.81. The van der Waals surface area contributed by atoms with Crippen LogP contribution in [-0.2, 0) is 9.59 Å². The number of carboxylic acid groups (broad SMARTS) is 1. The quantitative estimate of drug-likeness (QED) is 0.810. The van der Waals surface area contributed by atoms with Crippen molar-refractivity contribution in [3.63, 3.8) is 0 Å². The number of nitrogens with zero attached hydrogens (tertiary/aromatic N) is 2. The number of ether oxygens (including phenoxy) is 1. The second-order valence-corrected chi connectivity index (χ2v) is 6.47. The highest BCUT2D eigenvalue weighted by Crippen LogP contribution is 2.17. The summed E-state index contributed by atoms with van der Waals surface area (Å²) in [6.07, 6.45) is 1.50. The van der Waals surface area contributed by atoms with Gasteiger partial charge in [0.15, 0.2) is 0 Å². The maximum atomic E-state index is 12.2. The minimum Gasteiger partial charge on any atom is -0.492 e. The zero-order valence-corrected chi connectivity index (χ0v) is 14.5. The molecule has 0 radical (unpaired) electrons. The second kappa shape index (κ2) is 8.89. The van der Waals surface area contributed by atoms with E-state index in [0.29, 0.717) is 36.9 Å². The Bertz CT molecular complexity index is 564. The van der Waals surface area contributed by atoms with Crippen molar-refractivity contribution in [1.29, 1.82) is 0 Å². The fraction of sp³-hybridized carbons (Fsp3) is 0.529. The van der Waals surface area contributed by atoms with Crippen molar-refractivity contribution in [2.45, 2.75) is 12.8 Å². The third-order valence-corrected chi connectivity index (χ3v) is 4.40. The fourth-order valence-corrected chi connectivity index (χ4v) is 2.79. The van der Waals surface area contributed by atoms with Gasteiger partial charge in [-0.1, -0.05) is 11.6 Å². The molecule has 24 heavy (non-hydrogen) atoms. The molecule has 0 spiro atoms. The number of carboxylic acids is 1. The molecule has 1 amide bonds. The molecule has 1 aliphatic heterocycles. The van der Waals surface area contributed by atoms with Crippen molar-refractivity contribution < 1.29 is 19.4 Å². The van der Waals surface area contributed by atoms with E-state index < -0.39 is 5.97 Å². The number of hydrogen-bond acceptors (Lipinski definition) is 4. The predicted molar refractivity (Wildman–Crippen MR) is 91.4 cm³/mol. The van der Waals surface area contributed by atoms with Crippen molar-refractivity contribution in [1.82, 2.24) is 9.80 Å². The van der Waals surface area contributed by atoms with E-state index in [4.69, 9.17) is 21.4 Å². The van der Waals surface area contributed by atoms with Crippen LogP contribution in [-0.4, -0.2) is 66.6 Å². The summed E-state index contributed by atoms with van der Waals surface area (Å²) in [6, 6.07) is 7.07. The van der Waals surface area contributed by atoms with E-state index >= 15 is 0 Å². The molecule has 1 aromatic carbocycles. The van der Waals surface area contributed by atoms with Gasteiger partial charge in [0.2, 0.25) is 5.91 Å². The van der Waals surface area contributed by atoms with Crippen LogP contribution in [0, 0.1) is 5.92 Å². The summed E-state index contributed by atoms with van der Waals surface area (Å²) < 4.78 is 5.58. The summed E-state index contributed by atoms with van der Waals surface area (Å²) in [5, 5.41) is 9.74. The highest BCUT2D eigenvalue weighted by Gasteiger charge is 2.26. The van der Waals surface area contributed by atoms with Gasteiger partial charge in [0.25, 0.3) is 0 Å². The standard InChI is InChI=1S/C17H23ClN2O4/c1-19(9-10-24-15-6-4-14(18)5-7-15)16(21)12-20-8-2-3-13(11-20)17(22)23/h4-7,13H,2-3,8-12H2,1H3,(H,22,23). The number of halogens is 1. The number of hydrogen-bond donors (Lipinski definition) is 1. The van der Waals surface area contributed by atoms with Crippen LogP contribution < -0.4 is 4.74 Å². The van der Waals surface area contributed by atoms with Crippen LogP contribution in [0.2, 0.25) is 5.02 Å². The van der Waals surface area contributed by atoms with Gasteiger partial charge in [0.05, 0.1) is 19.0 Å². The molecule has 7 heteroatoms. The number of aliphatic carboxylic acids is 1. The number of rotatable bonds is 7. The van der Waals surface area contributed by atoms with Crippen LogP contribution in [0.5, 0.6) is 5.75 Å². The average Bonchev–Trinajstić information content (AvgIpc) is 2.56. The molecule has 132 valence electrons. The van der Waals surface area contributed by atoms with Gasteiger partial charge in [-0.2, -0.15) is 0 Å². The lowest BCUT2D eigenvalue weighted by Gasteiger charge is -2.31. The lowest BCUT2D eigenvalue weighted by atomic mass is 9.98.